The molecule has 0 aliphatic heterocycles. The summed E-state index contributed by atoms with van der Waals surface area (Å²) in [5, 5.41) is 0. The van der Waals surface area contributed by atoms with Crippen LogP contribution in [0.2, 0.25) is 0 Å². The fourth-order valence-electron chi connectivity index (χ4n) is 1.39. The van der Waals surface area contributed by atoms with E-state index in [2.05, 4.69) is 38.1 Å². The van der Waals surface area contributed by atoms with E-state index in [0.29, 0.717) is 5.92 Å². The Bertz CT molecular complexity index is 256. The molecule has 1 rings (SSSR count). The van der Waals surface area contributed by atoms with Gasteiger partial charge in [-0.3, -0.25) is 0 Å². The summed E-state index contributed by atoms with van der Waals surface area (Å²) >= 11 is 7.61. The van der Waals surface area contributed by atoms with E-state index < -0.39 is 0 Å². The molecule has 1 aromatic rings. The van der Waals surface area contributed by atoms with Crippen LogP contribution in [0.5, 0.6) is 0 Å². The predicted molar refractivity (Wildman–Crippen MR) is 66.6 cm³/mol. The number of benzene rings is 1. The van der Waals surface area contributed by atoms with Gasteiger partial charge < -0.3 is 0 Å². The average Bonchev–Trinajstić information content (AvgIpc) is 2.20. The molecule has 78 valence electrons. The lowest BCUT2D eigenvalue weighted by Gasteiger charge is -2.10. The quantitative estimate of drug-likeness (QED) is 0.527. The lowest BCUT2D eigenvalue weighted by molar-refractivity contribution is 0.737. The molecule has 0 heterocycles. The average molecular weight is 229 g/mol. The van der Waals surface area contributed by atoms with Gasteiger partial charge in [0.15, 0.2) is 0 Å². The van der Waals surface area contributed by atoms with Gasteiger partial charge in [-0.05, 0) is 35.8 Å². The van der Waals surface area contributed by atoms with Crippen LogP contribution in [0.3, 0.4) is 0 Å². The van der Waals surface area contributed by atoms with Crippen molar-refractivity contribution in [2.24, 2.45) is 0 Å². The predicted octanol–water partition coefficient (Wildman–Crippen LogP) is 4.53. The first-order chi connectivity index (χ1) is 6.77. The van der Waals surface area contributed by atoms with Crippen LogP contribution >= 0.6 is 23.4 Å². The van der Waals surface area contributed by atoms with Gasteiger partial charge in [0.2, 0.25) is 0 Å². The zero-order chi connectivity index (χ0) is 10.4. The van der Waals surface area contributed by atoms with Crippen molar-refractivity contribution in [1.82, 2.24) is 0 Å². The number of thioether (sulfide) groups is 1. The second kappa shape index (κ2) is 6.36. The highest BCUT2D eigenvalue weighted by Gasteiger charge is 2.03. The van der Waals surface area contributed by atoms with Crippen molar-refractivity contribution in [2.45, 2.75) is 31.1 Å². The highest BCUT2D eigenvalue weighted by Crippen LogP contribution is 2.23. The number of hydrogen-bond donors (Lipinski definition) is 0. The second-order valence-electron chi connectivity index (χ2n) is 3.38. The molecule has 0 saturated heterocycles. The highest BCUT2D eigenvalue weighted by molar-refractivity contribution is 7.99. The van der Waals surface area contributed by atoms with E-state index in [-0.39, 0.29) is 0 Å². The van der Waals surface area contributed by atoms with Gasteiger partial charge in [0.05, 0.1) is 0 Å². The van der Waals surface area contributed by atoms with Gasteiger partial charge in [0, 0.05) is 10.8 Å². The maximum absolute atomic E-state index is 5.72. The molecular weight excluding hydrogens is 212 g/mol. The first kappa shape index (κ1) is 11.9. The fourth-order valence-corrected chi connectivity index (χ4v) is 2.38. The summed E-state index contributed by atoms with van der Waals surface area (Å²) in [6, 6.07) is 8.84. The largest absolute Gasteiger partial charge is 0.127 e. The van der Waals surface area contributed by atoms with E-state index in [1.807, 2.05) is 11.8 Å². The van der Waals surface area contributed by atoms with Gasteiger partial charge in [-0.2, -0.15) is 0 Å². The standard InChI is InChI=1S/C12H17ClS/c1-3-14-12-6-4-11(5-7-12)10(2)8-9-13/h4-7,10H,3,8-9H2,1-2H3. The molecule has 2 heteroatoms. The van der Waals surface area contributed by atoms with Gasteiger partial charge >= 0.3 is 0 Å². The Morgan fingerprint density at radius 2 is 1.93 bits per heavy atom. The molecule has 0 fully saturated rings. The Hall–Kier alpha value is -0.140. The topological polar surface area (TPSA) is 0 Å². The number of rotatable bonds is 5. The molecular formula is C12H17ClS. The number of alkyl halides is 1. The van der Waals surface area contributed by atoms with E-state index in [0.717, 1.165) is 18.1 Å². The van der Waals surface area contributed by atoms with E-state index in [4.69, 9.17) is 11.6 Å². The summed E-state index contributed by atoms with van der Waals surface area (Å²) in [6.07, 6.45) is 1.06. The van der Waals surface area contributed by atoms with Crippen LogP contribution in [0.4, 0.5) is 0 Å². The fraction of sp³-hybridized carbons (Fsp3) is 0.500. The molecule has 1 aromatic carbocycles. The molecule has 0 bridgehead atoms. The minimum atomic E-state index is 0.577. The van der Waals surface area contributed by atoms with E-state index in [9.17, 15) is 0 Å². The molecule has 0 aliphatic carbocycles. The lowest BCUT2D eigenvalue weighted by Crippen LogP contribution is -1.93. The third-order valence-corrected chi connectivity index (χ3v) is 3.41. The van der Waals surface area contributed by atoms with Gasteiger partial charge in [0.1, 0.15) is 0 Å². The van der Waals surface area contributed by atoms with Gasteiger partial charge in [-0.15, -0.1) is 23.4 Å². The van der Waals surface area contributed by atoms with Crippen LogP contribution in [0.25, 0.3) is 0 Å². The molecule has 0 amide bonds. The third-order valence-electron chi connectivity index (χ3n) is 2.30. The molecule has 0 aromatic heterocycles. The van der Waals surface area contributed by atoms with Gasteiger partial charge in [0.25, 0.3) is 0 Å². The van der Waals surface area contributed by atoms with Crippen molar-refractivity contribution in [3.8, 4) is 0 Å². The maximum atomic E-state index is 5.72. The first-order valence-corrected chi connectivity index (χ1v) is 6.58. The second-order valence-corrected chi connectivity index (χ2v) is 5.10. The van der Waals surface area contributed by atoms with Crippen molar-refractivity contribution in [2.75, 3.05) is 11.6 Å². The van der Waals surface area contributed by atoms with Crippen LogP contribution in [0.15, 0.2) is 29.2 Å². The summed E-state index contributed by atoms with van der Waals surface area (Å²) in [5.74, 6) is 2.46. The Morgan fingerprint density at radius 1 is 1.29 bits per heavy atom. The van der Waals surface area contributed by atoms with Crippen molar-refractivity contribution >= 4 is 23.4 Å². The molecule has 0 spiro atoms. The molecule has 0 saturated carbocycles. The summed E-state index contributed by atoms with van der Waals surface area (Å²) in [7, 11) is 0. The van der Waals surface area contributed by atoms with E-state index in [1.165, 1.54) is 10.5 Å². The highest BCUT2D eigenvalue weighted by atomic mass is 35.5. The number of halogens is 1. The van der Waals surface area contributed by atoms with Crippen LogP contribution in [-0.4, -0.2) is 11.6 Å². The molecule has 0 radical (unpaired) electrons. The van der Waals surface area contributed by atoms with Crippen molar-refractivity contribution in [3.63, 3.8) is 0 Å². The summed E-state index contributed by atoms with van der Waals surface area (Å²) in [5.41, 5.74) is 1.39. The molecule has 0 nitrogen and oxygen atoms in total. The first-order valence-electron chi connectivity index (χ1n) is 5.06. The summed E-state index contributed by atoms with van der Waals surface area (Å²) < 4.78 is 0. The Balaban J connectivity index is 2.62. The third kappa shape index (κ3) is 3.55. The molecule has 0 N–H and O–H groups in total. The zero-order valence-electron chi connectivity index (χ0n) is 8.79. The minimum absolute atomic E-state index is 0.577. The monoisotopic (exact) mass is 228 g/mol. The van der Waals surface area contributed by atoms with E-state index >= 15 is 0 Å². The smallest absolute Gasteiger partial charge is 0.0229 e. The van der Waals surface area contributed by atoms with E-state index in [1.54, 1.807) is 0 Å². The lowest BCUT2D eigenvalue weighted by atomic mass is 9.99. The van der Waals surface area contributed by atoms with Gasteiger partial charge in [-0.1, -0.05) is 26.0 Å². The van der Waals surface area contributed by atoms with Crippen LogP contribution in [0, 0.1) is 0 Å². The minimum Gasteiger partial charge on any atom is -0.127 e. The van der Waals surface area contributed by atoms with Crippen LogP contribution < -0.4 is 0 Å². The molecule has 1 unspecified atom stereocenters. The molecule has 0 aliphatic rings. The maximum Gasteiger partial charge on any atom is 0.0229 e. The van der Waals surface area contributed by atoms with Crippen molar-refractivity contribution in [3.05, 3.63) is 29.8 Å². The SMILES string of the molecule is CCSc1ccc(C(C)CCCl)cc1. The van der Waals surface area contributed by atoms with Crippen molar-refractivity contribution in [1.29, 1.82) is 0 Å². The Kier molecular flexibility index (Phi) is 5.42. The number of hydrogen-bond acceptors (Lipinski definition) is 1. The zero-order valence-corrected chi connectivity index (χ0v) is 10.4. The Labute approximate surface area is 96.0 Å². The summed E-state index contributed by atoms with van der Waals surface area (Å²) in [6.45, 7) is 4.40. The van der Waals surface area contributed by atoms with Crippen LogP contribution in [-0.2, 0) is 0 Å². The van der Waals surface area contributed by atoms with Crippen molar-refractivity contribution < 1.29 is 0 Å². The van der Waals surface area contributed by atoms with Crippen LogP contribution in [0.1, 0.15) is 31.7 Å². The summed E-state index contributed by atoms with van der Waals surface area (Å²) in [4.78, 5) is 1.36. The Morgan fingerprint density at radius 3 is 2.43 bits per heavy atom. The molecule has 1 atom stereocenters. The normalized spacial score (nSPS) is 12.8. The van der Waals surface area contributed by atoms with Gasteiger partial charge in [-0.25, -0.2) is 0 Å². The molecule has 14 heavy (non-hydrogen) atoms.